The summed E-state index contributed by atoms with van der Waals surface area (Å²) in [5, 5.41) is 17.5. The predicted molar refractivity (Wildman–Crippen MR) is 128 cm³/mol. The number of benzene rings is 2. The van der Waals surface area contributed by atoms with Crippen LogP contribution in [0.2, 0.25) is 0 Å². The van der Waals surface area contributed by atoms with Crippen molar-refractivity contribution in [2.75, 3.05) is 24.2 Å². The van der Waals surface area contributed by atoms with E-state index in [2.05, 4.69) is 44.5 Å². The summed E-state index contributed by atoms with van der Waals surface area (Å²) in [6.07, 6.45) is 4.03. The molecule has 0 N–H and O–H groups in total. The summed E-state index contributed by atoms with van der Waals surface area (Å²) in [5.74, 6) is 0.931. The van der Waals surface area contributed by atoms with Gasteiger partial charge in [-0.15, -0.1) is 10.2 Å². The maximum atomic E-state index is 11.7. The minimum absolute atomic E-state index is 0.286. The number of anilines is 1. The Hall–Kier alpha value is -3.33. The Morgan fingerprint density at radius 2 is 1.64 bits per heavy atom. The van der Waals surface area contributed by atoms with E-state index in [0.717, 1.165) is 66.0 Å². The van der Waals surface area contributed by atoms with Gasteiger partial charge in [-0.05, 0) is 66.8 Å². The van der Waals surface area contributed by atoms with Gasteiger partial charge in [0, 0.05) is 19.3 Å². The van der Waals surface area contributed by atoms with Crippen LogP contribution in [0.25, 0.3) is 22.2 Å². The normalized spacial score (nSPS) is 15.3. The fraction of sp³-hybridized carbons (Fsp3) is 0.333. The second-order valence-corrected chi connectivity index (χ2v) is 10.5. The van der Waals surface area contributed by atoms with Gasteiger partial charge in [0.1, 0.15) is 5.52 Å². The molecule has 4 aromatic rings. The molecule has 0 radical (unpaired) electrons. The number of nitrogens with zero attached hydrogens (tertiary/aromatic N) is 6. The lowest BCUT2D eigenvalue weighted by Gasteiger charge is -2.32. The van der Waals surface area contributed by atoms with Crippen molar-refractivity contribution in [1.29, 1.82) is 0 Å². The molecular weight excluding hydrogens is 436 g/mol. The van der Waals surface area contributed by atoms with Crippen LogP contribution in [0.1, 0.15) is 31.5 Å². The summed E-state index contributed by atoms with van der Waals surface area (Å²) in [6, 6.07) is 17.4. The van der Waals surface area contributed by atoms with Gasteiger partial charge in [-0.25, -0.2) is 13.1 Å². The molecule has 1 aliphatic rings. The molecule has 5 rings (SSSR count). The molecule has 1 aliphatic heterocycles. The lowest BCUT2D eigenvalue weighted by Crippen LogP contribution is -2.35. The zero-order valence-corrected chi connectivity index (χ0v) is 19.5. The quantitative estimate of drug-likeness (QED) is 0.446. The standard InChI is InChI=1S/C24H26N6O2S/c1-3-19-7-11-24(27-25-19)29-14-12-20(13-15-29)30-23-10-6-18(16-22(23)26-28-30)17-4-8-21(9-5-17)33(2,31)32/h4-11,16,20H,3,12-15H2,1-2H3. The van der Waals surface area contributed by atoms with E-state index in [9.17, 15) is 8.42 Å². The number of fused-ring (bicyclic) bond motifs is 1. The molecule has 9 heteroatoms. The van der Waals surface area contributed by atoms with Gasteiger partial charge in [-0.2, -0.15) is 5.10 Å². The van der Waals surface area contributed by atoms with Gasteiger partial charge in [-0.3, -0.25) is 0 Å². The summed E-state index contributed by atoms with van der Waals surface area (Å²) in [5.41, 5.74) is 4.79. The van der Waals surface area contributed by atoms with Crippen LogP contribution in [0.4, 0.5) is 5.82 Å². The SMILES string of the molecule is CCc1ccc(N2CCC(n3nnc4cc(-c5ccc(S(C)(=O)=O)cc5)ccc43)CC2)nn1. The second-order valence-electron chi connectivity index (χ2n) is 8.49. The van der Waals surface area contributed by atoms with Crippen molar-refractivity contribution < 1.29 is 8.42 Å². The molecule has 2 aromatic heterocycles. The van der Waals surface area contributed by atoms with E-state index in [1.54, 1.807) is 12.1 Å². The van der Waals surface area contributed by atoms with Crippen molar-refractivity contribution in [2.24, 2.45) is 0 Å². The van der Waals surface area contributed by atoms with Gasteiger partial charge >= 0.3 is 0 Å². The van der Waals surface area contributed by atoms with Crippen molar-refractivity contribution in [3.63, 3.8) is 0 Å². The summed E-state index contributed by atoms with van der Waals surface area (Å²) in [4.78, 5) is 2.59. The Morgan fingerprint density at radius 3 is 2.27 bits per heavy atom. The van der Waals surface area contributed by atoms with Crippen molar-refractivity contribution in [1.82, 2.24) is 25.2 Å². The molecule has 1 fully saturated rings. The average Bonchev–Trinajstić information content (AvgIpc) is 3.27. The van der Waals surface area contributed by atoms with Gasteiger partial charge < -0.3 is 4.90 Å². The van der Waals surface area contributed by atoms with Crippen LogP contribution in [0.3, 0.4) is 0 Å². The van der Waals surface area contributed by atoms with E-state index >= 15 is 0 Å². The maximum Gasteiger partial charge on any atom is 0.175 e. The molecule has 3 heterocycles. The van der Waals surface area contributed by atoms with E-state index in [1.165, 1.54) is 6.26 Å². The Kier molecular flexibility index (Phi) is 5.57. The molecule has 0 amide bonds. The predicted octanol–water partition coefficient (Wildman–Crippen LogP) is 3.70. The van der Waals surface area contributed by atoms with Crippen molar-refractivity contribution in [2.45, 2.75) is 37.1 Å². The first-order valence-corrected chi connectivity index (χ1v) is 13.0. The van der Waals surface area contributed by atoms with Gasteiger partial charge in [-0.1, -0.05) is 30.3 Å². The highest BCUT2D eigenvalue weighted by Crippen LogP contribution is 2.30. The molecular formula is C24H26N6O2S. The smallest absolute Gasteiger partial charge is 0.175 e. The number of piperidine rings is 1. The summed E-state index contributed by atoms with van der Waals surface area (Å²) >= 11 is 0. The van der Waals surface area contributed by atoms with Gasteiger partial charge in [0.2, 0.25) is 0 Å². The number of rotatable bonds is 5. The summed E-state index contributed by atoms with van der Waals surface area (Å²) < 4.78 is 25.4. The Balaban J connectivity index is 1.32. The van der Waals surface area contributed by atoms with Crippen molar-refractivity contribution in [3.8, 4) is 11.1 Å². The van der Waals surface area contributed by atoms with Crippen LogP contribution in [-0.4, -0.2) is 53.0 Å². The Bertz CT molecular complexity index is 1370. The largest absolute Gasteiger partial charge is 0.355 e. The summed E-state index contributed by atoms with van der Waals surface area (Å²) in [7, 11) is -3.21. The first-order chi connectivity index (χ1) is 15.9. The molecule has 2 aromatic carbocycles. The molecule has 1 saturated heterocycles. The van der Waals surface area contributed by atoms with Crippen LogP contribution >= 0.6 is 0 Å². The molecule has 8 nitrogen and oxygen atoms in total. The summed E-state index contributed by atoms with van der Waals surface area (Å²) in [6.45, 7) is 3.88. The highest BCUT2D eigenvalue weighted by atomic mass is 32.2. The highest BCUT2D eigenvalue weighted by molar-refractivity contribution is 7.90. The van der Waals surface area contributed by atoms with Crippen LogP contribution < -0.4 is 4.90 Å². The van der Waals surface area contributed by atoms with Gasteiger partial charge in [0.05, 0.1) is 22.1 Å². The molecule has 0 saturated carbocycles. The number of sulfone groups is 1. The Labute approximate surface area is 193 Å². The zero-order valence-electron chi connectivity index (χ0n) is 18.7. The van der Waals surface area contributed by atoms with Crippen LogP contribution in [-0.2, 0) is 16.3 Å². The maximum absolute atomic E-state index is 11.7. The van der Waals surface area contributed by atoms with Gasteiger partial charge in [0.25, 0.3) is 0 Å². The highest BCUT2D eigenvalue weighted by Gasteiger charge is 2.24. The average molecular weight is 463 g/mol. The lowest BCUT2D eigenvalue weighted by molar-refractivity contribution is 0.367. The van der Waals surface area contributed by atoms with E-state index in [0.29, 0.717) is 4.90 Å². The first kappa shape index (κ1) is 21.5. The monoisotopic (exact) mass is 462 g/mol. The minimum Gasteiger partial charge on any atom is -0.355 e. The van der Waals surface area contributed by atoms with E-state index < -0.39 is 9.84 Å². The second kappa shape index (κ2) is 8.55. The number of aromatic nitrogens is 5. The minimum atomic E-state index is -3.21. The topological polar surface area (TPSA) is 93.9 Å². The number of hydrogen-bond donors (Lipinski definition) is 0. The fourth-order valence-electron chi connectivity index (χ4n) is 4.34. The molecule has 0 aliphatic carbocycles. The third kappa shape index (κ3) is 4.32. The van der Waals surface area contributed by atoms with E-state index in [4.69, 9.17) is 0 Å². The molecule has 170 valence electrons. The lowest BCUT2D eigenvalue weighted by atomic mass is 10.0. The van der Waals surface area contributed by atoms with Gasteiger partial charge in [0.15, 0.2) is 15.7 Å². The third-order valence-electron chi connectivity index (χ3n) is 6.29. The molecule has 0 bridgehead atoms. The fourth-order valence-corrected chi connectivity index (χ4v) is 4.97. The Morgan fingerprint density at radius 1 is 0.909 bits per heavy atom. The number of aryl methyl sites for hydroxylation is 1. The van der Waals surface area contributed by atoms with Crippen LogP contribution in [0, 0.1) is 0 Å². The molecule has 0 atom stereocenters. The molecule has 33 heavy (non-hydrogen) atoms. The first-order valence-electron chi connectivity index (χ1n) is 11.2. The number of hydrogen-bond acceptors (Lipinski definition) is 7. The van der Waals surface area contributed by atoms with Crippen LogP contribution in [0.5, 0.6) is 0 Å². The zero-order chi connectivity index (χ0) is 23.0. The van der Waals surface area contributed by atoms with E-state index in [1.807, 2.05) is 35.0 Å². The third-order valence-corrected chi connectivity index (χ3v) is 7.42. The van der Waals surface area contributed by atoms with Crippen molar-refractivity contribution in [3.05, 3.63) is 60.3 Å². The molecule has 0 spiro atoms. The van der Waals surface area contributed by atoms with Crippen LogP contribution in [0.15, 0.2) is 59.5 Å². The molecule has 0 unspecified atom stereocenters. The van der Waals surface area contributed by atoms with Crippen molar-refractivity contribution >= 4 is 26.7 Å². The van der Waals surface area contributed by atoms with E-state index in [-0.39, 0.29) is 6.04 Å².